The van der Waals surface area contributed by atoms with Crippen molar-refractivity contribution >= 4 is 55.7 Å². The molecule has 0 unspecified atom stereocenters. The first-order chi connectivity index (χ1) is 17.7. The van der Waals surface area contributed by atoms with Crippen LogP contribution in [0.4, 0.5) is 5.13 Å². The molecule has 0 radical (unpaired) electrons. The van der Waals surface area contributed by atoms with E-state index >= 15 is 0 Å². The number of ether oxygens (including phenoxy) is 1. The van der Waals surface area contributed by atoms with Crippen molar-refractivity contribution in [1.82, 2.24) is 4.98 Å². The topological polar surface area (TPSA) is 79.7 Å². The number of nitrogens with zero attached hydrogens (tertiary/aromatic N) is 2. The third kappa shape index (κ3) is 3.90. The van der Waals surface area contributed by atoms with Gasteiger partial charge in [0.15, 0.2) is 5.13 Å². The summed E-state index contributed by atoms with van der Waals surface area (Å²) >= 11 is 7.50. The number of aryl methyl sites for hydroxylation is 2. The molecule has 37 heavy (non-hydrogen) atoms. The van der Waals surface area contributed by atoms with E-state index in [1.807, 2.05) is 39.0 Å². The van der Waals surface area contributed by atoms with Gasteiger partial charge in [-0.1, -0.05) is 41.1 Å². The summed E-state index contributed by atoms with van der Waals surface area (Å²) in [5.74, 6) is -0.946. The minimum absolute atomic E-state index is 0.0198. The molecule has 8 heteroatoms. The Kier molecular flexibility index (Phi) is 5.58. The maximum Gasteiger partial charge on any atom is 0.301 e. The molecule has 6 rings (SSSR count). The summed E-state index contributed by atoms with van der Waals surface area (Å²) in [6.45, 7) is 5.96. The first-order valence-electron chi connectivity index (χ1n) is 12.0. The van der Waals surface area contributed by atoms with Gasteiger partial charge in [0.1, 0.15) is 17.6 Å². The third-order valence-corrected chi connectivity index (χ3v) is 8.08. The predicted octanol–water partition coefficient (Wildman–Crippen LogP) is 6.52. The number of halogens is 1. The Morgan fingerprint density at radius 1 is 1.11 bits per heavy atom. The number of thiazole rings is 1. The van der Waals surface area contributed by atoms with Crippen LogP contribution in [0.1, 0.15) is 40.8 Å². The van der Waals surface area contributed by atoms with Gasteiger partial charge in [0.2, 0.25) is 0 Å². The van der Waals surface area contributed by atoms with Gasteiger partial charge in [0, 0.05) is 17.0 Å². The monoisotopic (exact) mass is 530 g/mol. The fourth-order valence-corrected chi connectivity index (χ4v) is 6.47. The summed E-state index contributed by atoms with van der Waals surface area (Å²) in [7, 11) is 0. The Bertz CT molecular complexity index is 1640. The molecule has 0 aliphatic carbocycles. The largest absolute Gasteiger partial charge is 0.507 e. The first kappa shape index (κ1) is 23.7. The molecule has 4 aromatic rings. The number of hydrogen-bond donors (Lipinski definition) is 1. The van der Waals surface area contributed by atoms with Crippen LogP contribution in [0.2, 0.25) is 5.02 Å². The highest BCUT2D eigenvalue weighted by Crippen LogP contribution is 2.45. The summed E-state index contributed by atoms with van der Waals surface area (Å²) in [6, 6.07) is 15.5. The molecule has 1 fully saturated rings. The van der Waals surface area contributed by atoms with Crippen LogP contribution in [0.15, 0.2) is 60.2 Å². The van der Waals surface area contributed by atoms with Crippen LogP contribution >= 0.6 is 22.9 Å². The van der Waals surface area contributed by atoms with Crippen molar-refractivity contribution in [3.05, 3.63) is 93.0 Å². The highest BCUT2D eigenvalue weighted by molar-refractivity contribution is 7.22. The maximum atomic E-state index is 13.5. The molecular weight excluding hydrogens is 508 g/mol. The first-order valence-corrected chi connectivity index (χ1v) is 13.1. The molecule has 186 valence electrons. The van der Waals surface area contributed by atoms with E-state index in [2.05, 4.69) is 0 Å². The number of hydrogen-bond acceptors (Lipinski definition) is 6. The van der Waals surface area contributed by atoms with Crippen molar-refractivity contribution < 1.29 is 19.4 Å². The zero-order valence-electron chi connectivity index (χ0n) is 20.4. The molecule has 0 spiro atoms. The molecule has 3 aromatic carbocycles. The number of anilines is 1. The standard InChI is InChI=1S/C29H23ClN2O4S/c1-14-10-15(2)24-22(11-14)37-29(31-24)32-25(17-4-7-20(30)8-5-17)23(27(34)28(32)35)26(33)18-6-9-21-19(13-18)12-16(3)36-21/h4-11,13,16,25,33H,12H2,1-3H3/b26-23+/t16-,25-/m0/s1. The van der Waals surface area contributed by atoms with E-state index in [4.69, 9.17) is 21.3 Å². The van der Waals surface area contributed by atoms with E-state index < -0.39 is 17.7 Å². The molecule has 1 saturated heterocycles. The normalized spacial score (nSPS) is 20.5. The highest BCUT2D eigenvalue weighted by atomic mass is 35.5. The summed E-state index contributed by atoms with van der Waals surface area (Å²) in [4.78, 5) is 33.2. The predicted molar refractivity (Wildman–Crippen MR) is 146 cm³/mol. The van der Waals surface area contributed by atoms with Gasteiger partial charge < -0.3 is 9.84 Å². The maximum absolute atomic E-state index is 13.5. The lowest BCUT2D eigenvalue weighted by Crippen LogP contribution is -2.29. The molecular formula is C29H23ClN2O4S. The third-order valence-electron chi connectivity index (χ3n) is 6.82. The Morgan fingerprint density at radius 2 is 1.86 bits per heavy atom. The quantitative estimate of drug-likeness (QED) is 0.185. The molecule has 1 aromatic heterocycles. The van der Waals surface area contributed by atoms with Crippen LogP contribution in [-0.4, -0.2) is 27.9 Å². The minimum Gasteiger partial charge on any atom is -0.507 e. The number of ketones is 1. The number of aliphatic hydroxyl groups excluding tert-OH is 1. The number of aliphatic hydroxyl groups is 1. The van der Waals surface area contributed by atoms with Crippen molar-refractivity contribution in [3.8, 4) is 5.75 Å². The zero-order valence-corrected chi connectivity index (χ0v) is 22.0. The van der Waals surface area contributed by atoms with Gasteiger partial charge in [-0.15, -0.1) is 0 Å². The molecule has 1 amide bonds. The van der Waals surface area contributed by atoms with E-state index in [9.17, 15) is 14.7 Å². The Labute approximate surface area is 222 Å². The number of rotatable bonds is 3. The van der Waals surface area contributed by atoms with E-state index in [0.29, 0.717) is 27.7 Å². The minimum atomic E-state index is -0.859. The average molecular weight is 531 g/mol. The van der Waals surface area contributed by atoms with Gasteiger partial charge in [-0.05, 0) is 79.4 Å². The number of Topliss-reactive ketones (excluding diaryl/α,β-unsaturated/α-hetero) is 1. The van der Waals surface area contributed by atoms with Gasteiger partial charge in [-0.25, -0.2) is 4.98 Å². The fourth-order valence-electron chi connectivity index (χ4n) is 5.18. The Balaban J connectivity index is 1.54. The summed E-state index contributed by atoms with van der Waals surface area (Å²) in [6.07, 6.45) is 0.744. The average Bonchev–Trinajstić information content (AvgIpc) is 3.52. The van der Waals surface area contributed by atoms with Crippen LogP contribution < -0.4 is 9.64 Å². The smallest absolute Gasteiger partial charge is 0.301 e. The summed E-state index contributed by atoms with van der Waals surface area (Å²) < 4.78 is 6.71. The van der Waals surface area contributed by atoms with Crippen LogP contribution in [-0.2, 0) is 16.0 Å². The lowest BCUT2D eigenvalue weighted by atomic mass is 9.94. The lowest BCUT2D eigenvalue weighted by Gasteiger charge is -2.23. The molecule has 0 bridgehead atoms. The molecule has 0 saturated carbocycles. The van der Waals surface area contributed by atoms with E-state index in [-0.39, 0.29) is 17.4 Å². The number of aromatic nitrogens is 1. The Hall–Kier alpha value is -3.68. The van der Waals surface area contributed by atoms with E-state index in [1.165, 1.54) is 16.2 Å². The van der Waals surface area contributed by atoms with Gasteiger partial charge in [-0.2, -0.15) is 0 Å². The zero-order chi connectivity index (χ0) is 26.0. The van der Waals surface area contributed by atoms with Crippen molar-refractivity contribution in [2.75, 3.05) is 4.90 Å². The molecule has 1 N–H and O–H groups in total. The van der Waals surface area contributed by atoms with Gasteiger partial charge in [-0.3, -0.25) is 14.5 Å². The molecule has 3 heterocycles. The Morgan fingerprint density at radius 3 is 2.62 bits per heavy atom. The van der Waals surface area contributed by atoms with Gasteiger partial charge in [0.05, 0.1) is 21.8 Å². The molecule has 2 aliphatic rings. The van der Waals surface area contributed by atoms with Crippen LogP contribution in [0, 0.1) is 13.8 Å². The number of carbonyl (C=O) groups excluding carboxylic acids is 2. The van der Waals surface area contributed by atoms with E-state index in [1.54, 1.807) is 36.4 Å². The molecule has 2 aliphatic heterocycles. The summed E-state index contributed by atoms with van der Waals surface area (Å²) in [5, 5.41) is 12.4. The second-order valence-corrected chi connectivity index (χ2v) is 11.0. The number of carbonyl (C=O) groups is 2. The van der Waals surface area contributed by atoms with Crippen LogP contribution in [0.3, 0.4) is 0 Å². The molecule has 6 nitrogen and oxygen atoms in total. The van der Waals surface area contributed by atoms with Crippen LogP contribution in [0.5, 0.6) is 5.75 Å². The van der Waals surface area contributed by atoms with E-state index in [0.717, 1.165) is 32.7 Å². The fraction of sp³-hybridized carbons (Fsp3) is 0.207. The highest BCUT2D eigenvalue weighted by Gasteiger charge is 2.48. The van der Waals surface area contributed by atoms with Crippen molar-refractivity contribution in [2.45, 2.75) is 39.3 Å². The SMILES string of the molecule is Cc1cc(C)c2nc(N3C(=O)C(=O)/C(=C(/O)c4ccc5c(c4)C[C@H](C)O5)[C@@H]3c3ccc(Cl)cc3)sc2c1. The number of benzene rings is 3. The van der Waals surface area contributed by atoms with Crippen molar-refractivity contribution in [2.24, 2.45) is 0 Å². The van der Waals surface area contributed by atoms with Crippen molar-refractivity contribution in [1.29, 1.82) is 0 Å². The second kappa shape index (κ2) is 8.71. The lowest BCUT2D eigenvalue weighted by molar-refractivity contribution is -0.132. The summed E-state index contributed by atoms with van der Waals surface area (Å²) in [5.41, 5.74) is 4.95. The van der Waals surface area contributed by atoms with Gasteiger partial charge in [0.25, 0.3) is 5.78 Å². The van der Waals surface area contributed by atoms with Crippen LogP contribution in [0.25, 0.3) is 16.0 Å². The number of amides is 1. The second-order valence-electron chi connectivity index (χ2n) is 9.60. The molecule has 2 atom stereocenters. The van der Waals surface area contributed by atoms with Crippen molar-refractivity contribution in [3.63, 3.8) is 0 Å². The van der Waals surface area contributed by atoms with Gasteiger partial charge >= 0.3 is 5.91 Å². The number of fused-ring (bicyclic) bond motifs is 2.